The molecule has 0 fully saturated rings. The highest BCUT2D eigenvalue weighted by molar-refractivity contribution is 5.95. The van der Waals surface area contributed by atoms with Crippen molar-refractivity contribution in [3.05, 3.63) is 70.8 Å². The predicted octanol–water partition coefficient (Wildman–Crippen LogP) is 4.01. The number of rotatable bonds is 5. The van der Waals surface area contributed by atoms with E-state index in [0.717, 1.165) is 29.1 Å². The van der Waals surface area contributed by atoms with Gasteiger partial charge in [0.15, 0.2) is 0 Å². The van der Waals surface area contributed by atoms with Crippen LogP contribution in [0.25, 0.3) is 0 Å². The standard InChI is InChI=1S/C23H24N4O2/c1-15-11-18-7-4-5-9-21(18)26(15)14-22(28)25-23-20(12-24)16(2)17(3)27(23)13-19-8-6-10-29-19/h4-10,15H,11,13-14H2,1-3H3,(H,25,28)/t15-/m1/s1. The molecule has 1 amide bonds. The van der Waals surface area contributed by atoms with Crippen LogP contribution in [-0.4, -0.2) is 23.1 Å². The number of anilines is 2. The van der Waals surface area contributed by atoms with Crippen molar-refractivity contribution < 1.29 is 9.21 Å². The third-order valence-corrected chi connectivity index (χ3v) is 5.76. The number of nitrogens with zero attached hydrogens (tertiary/aromatic N) is 3. The lowest BCUT2D eigenvalue weighted by Gasteiger charge is -2.24. The maximum absolute atomic E-state index is 13.0. The maximum Gasteiger partial charge on any atom is 0.245 e. The molecule has 1 aliphatic heterocycles. The second-order valence-corrected chi connectivity index (χ2v) is 7.57. The Bertz CT molecular complexity index is 1090. The quantitative estimate of drug-likeness (QED) is 0.717. The van der Waals surface area contributed by atoms with Crippen molar-refractivity contribution in [3.8, 4) is 6.07 Å². The predicted molar refractivity (Wildman–Crippen MR) is 112 cm³/mol. The lowest BCUT2D eigenvalue weighted by atomic mass is 10.1. The van der Waals surface area contributed by atoms with E-state index >= 15 is 0 Å². The third-order valence-electron chi connectivity index (χ3n) is 5.76. The largest absolute Gasteiger partial charge is 0.467 e. The first-order valence-electron chi connectivity index (χ1n) is 9.76. The number of benzene rings is 1. The van der Waals surface area contributed by atoms with E-state index in [2.05, 4.69) is 35.3 Å². The highest BCUT2D eigenvalue weighted by Crippen LogP contribution is 2.32. The molecule has 3 heterocycles. The van der Waals surface area contributed by atoms with Gasteiger partial charge in [0, 0.05) is 17.4 Å². The van der Waals surface area contributed by atoms with Crippen molar-refractivity contribution in [2.75, 3.05) is 16.8 Å². The number of nitriles is 1. The van der Waals surface area contributed by atoms with Crippen LogP contribution in [0.4, 0.5) is 11.5 Å². The molecule has 1 N–H and O–H groups in total. The van der Waals surface area contributed by atoms with E-state index in [4.69, 9.17) is 4.42 Å². The molecule has 0 radical (unpaired) electrons. The summed E-state index contributed by atoms with van der Waals surface area (Å²) in [5, 5.41) is 12.7. The minimum atomic E-state index is -0.136. The van der Waals surface area contributed by atoms with Crippen molar-refractivity contribution in [3.63, 3.8) is 0 Å². The fourth-order valence-electron chi connectivity index (χ4n) is 4.08. The van der Waals surface area contributed by atoms with Gasteiger partial charge in [-0.05, 0) is 56.5 Å². The number of carbonyl (C=O) groups excluding carboxylic acids is 1. The Kier molecular flexibility index (Phi) is 4.89. The minimum Gasteiger partial charge on any atom is -0.467 e. The van der Waals surface area contributed by atoms with Crippen LogP contribution >= 0.6 is 0 Å². The fourth-order valence-corrected chi connectivity index (χ4v) is 4.08. The summed E-state index contributed by atoms with van der Waals surface area (Å²) in [4.78, 5) is 15.1. The van der Waals surface area contributed by atoms with Crippen LogP contribution in [-0.2, 0) is 17.8 Å². The Morgan fingerprint density at radius 1 is 1.28 bits per heavy atom. The van der Waals surface area contributed by atoms with Crippen molar-refractivity contribution in [1.29, 1.82) is 5.26 Å². The normalized spacial score (nSPS) is 15.2. The van der Waals surface area contributed by atoms with Gasteiger partial charge in [0.25, 0.3) is 0 Å². The van der Waals surface area contributed by atoms with Gasteiger partial charge in [-0.3, -0.25) is 4.79 Å². The second-order valence-electron chi connectivity index (χ2n) is 7.57. The molecular formula is C23H24N4O2. The molecule has 1 aromatic carbocycles. The van der Waals surface area contributed by atoms with E-state index in [1.165, 1.54) is 5.56 Å². The Morgan fingerprint density at radius 3 is 2.79 bits per heavy atom. The van der Waals surface area contributed by atoms with Gasteiger partial charge in [0.2, 0.25) is 5.91 Å². The maximum atomic E-state index is 13.0. The highest BCUT2D eigenvalue weighted by atomic mass is 16.3. The minimum absolute atomic E-state index is 0.136. The topological polar surface area (TPSA) is 74.2 Å². The molecule has 0 saturated carbocycles. The summed E-state index contributed by atoms with van der Waals surface area (Å²) in [5.41, 5.74) is 4.67. The molecule has 2 aromatic heterocycles. The molecule has 1 atom stereocenters. The second kappa shape index (κ2) is 7.51. The van der Waals surface area contributed by atoms with Gasteiger partial charge in [0.05, 0.1) is 24.9 Å². The van der Waals surface area contributed by atoms with Gasteiger partial charge in [0.1, 0.15) is 17.6 Å². The van der Waals surface area contributed by atoms with E-state index in [-0.39, 0.29) is 18.5 Å². The molecule has 1 aliphatic rings. The molecule has 6 nitrogen and oxygen atoms in total. The molecule has 29 heavy (non-hydrogen) atoms. The van der Waals surface area contributed by atoms with E-state index in [9.17, 15) is 10.1 Å². The van der Waals surface area contributed by atoms with Gasteiger partial charge in [-0.1, -0.05) is 18.2 Å². The summed E-state index contributed by atoms with van der Waals surface area (Å²) in [5.74, 6) is 1.16. The molecule has 3 aromatic rings. The first-order valence-corrected chi connectivity index (χ1v) is 9.76. The Morgan fingerprint density at radius 2 is 2.07 bits per heavy atom. The number of furan rings is 1. The summed E-state index contributed by atoms with van der Waals surface area (Å²) in [6.07, 6.45) is 2.55. The average Bonchev–Trinajstić information content (AvgIpc) is 3.38. The van der Waals surface area contributed by atoms with Crippen LogP contribution in [0.15, 0.2) is 47.1 Å². The fraction of sp³-hybridized carbons (Fsp3) is 0.304. The van der Waals surface area contributed by atoms with Gasteiger partial charge in [-0.15, -0.1) is 0 Å². The zero-order valence-corrected chi connectivity index (χ0v) is 16.9. The number of amides is 1. The highest BCUT2D eigenvalue weighted by Gasteiger charge is 2.28. The van der Waals surface area contributed by atoms with Crippen LogP contribution in [0, 0.1) is 25.2 Å². The van der Waals surface area contributed by atoms with E-state index in [1.807, 2.05) is 42.7 Å². The Labute approximate surface area is 170 Å². The van der Waals surface area contributed by atoms with Crippen molar-refractivity contribution in [1.82, 2.24) is 4.57 Å². The molecule has 0 aliphatic carbocycles. The lowest BCUT2D eigenvalue weighted by Crippen LogP contribution is -2.37. The van der Waals surface area contributed by atoms with Crippen LogP contribution in [0.5, 0.6) is 0 Å². The molecule has 148 valence electrons. The zero-order chi connectivity index (χ0) is 20.5. The van der Waals surface area contributed by atoms with Crippen LogP contribution in [0.1, 0.15) is 35.1 Å². The molecule has 0 saturated heterocycles. The molecule has 0 unspecified atom stereocenters. The number of nitrogens with one attached hydrogen (secondary N) is 1. The number of fused-ring (bicyclic) bond motifs is 1. The van der Waals surface area contributed by atoms with Gasteiger partial charge >= 0.3 is 0 Å². The Hall–Kier alpha value is -3.46. The summed E-state index contributed by atoms with van der Waals surface area (Å²) >= 11 is 0. The average molecular weight is 388 g/mol. The first-order chi connectivity index (χ1) is 14.0. The van der Waals surface area contributed by atoms with E-state index < -0.39 is 0 Å². The first kappa shape index (κ1) is 18.9. The van der Waals surface area contributed by atoms with Crippen molar-refractivity contribution in [2.24, 2.45) is 0 Å². The number of hydrogen-bond acceptors (Lipinski definition) is 4. The van der Waals surface area contributed by atoms with Crippen LogP contribution < -0.4 is 10.2 Å². The molecular weight excluding hydrogens is 364 g/mol. The summed E-state index contributed by atoms with van der Waals surface area (Å²) in [6.45, 7) is 6.68. The zero-order valence-electron chi connectivity index (χ0n) is 16.9. The lowest BCUT2D eigenvalue weighted by molar-refractivity contribution is -0.115. The number of carbonyl (C=O) groups is 1. The smallest absolute Gasteiger partial charge is 0.245 e. The number of aromatic nitrogens is 1. The summed E-state index contributed by atoms with van der Waals surface area (Å²) in [6, 6.07) is 14.4. The van der Waals surface area contributed by atoms with Gasteiger partial charge < -0.3 is 19.2 Å². The summed E-state index contributed by atoms with van der Waals surface area (Å²) < 4.78 is 7.41. The molecule has 0 spiro atoms. The van der Waals surface area contributed by atoms with Crippen molar-refractivity contribution >= 4 is 17.4 Å². The molecule has 0 bridgehead atoms. The van der Waals surface area contributed by atoms with E-state index in [1.54, 1.807) is 6.26 Å². The molecule has 6 heteroatoms. The Balaban J connectivity index is 1.60. The van der Waals surface area contributed by atoms with Gasteiger partial charge in [-0.25, -0.2) is 0 Å². The third kappa shape index (κ3) is 3.40. The number of para-hydroxylation sites is 1. The molecule has 4 rings (SSSR count). The number of hydrogen-bond donors (Lipinski definition) is 1. The van der Waals surface area contributed by atoms with Crippen LogP contribution in [0.3, 0.4) is 0 Å². The van der Waals surface area contributed by atoms with Crippen LogP contribution in [0.2, 0.25) is 0 Å². The van der Waals surface area contributed by atoms with Gasteiger partial charge in [-0.2, -0.15) is 5.26 Å². The SMILES string of the molecule is Cc1c(C#N)c(NC(=O)CN2c3ccccc3C[C@H]2C)n(Cc2ccco2)c1C. The van der Waals surface area contributed by atoms with E-state index in [0.29, 0.717) is 17.9 Å². The monoisotopic (exact) mass is 388 g/mol. The summed E-state index contributed by atoms with van der Waals surface area (Å²) in [7, 11) is 0. The van der Waals surface area contributed by atoms with Crippen molar-refractivity contribution in [2.45, 2.75) is 39.8 Å².